The van der Waals surface area contributed by atoms with Crippen LogP contribution in [-0.2, 0) is 9.53 Å². The van der Waals surface area contributed by atoms with Gasteiger partial charge in [-0.3, -0.25) is 4.79 Å². The van der Waals surface area contributed by atoms with Crippen LogP contribution in [0.5, 0.6) is 0 Å². The molecule has 102 valence electrons. The van der Waals surface area contributed by atoms with E-state index in [0.717, 1.165) is 26.0 Å². The van der Waals surface area contributed by atoms with Crippen molar-refractivity contribution in [3.63, 3.8) is 0 Å². The fourth-order valence-electron chi connectivity index (χ4n) is 1.18. The highest BCUT2D eigenvalue weighted by atomic mass is 16.5. The first-order chi connectivity index (χ1) is 7.81. The predicted molar refractivity (Wildman–Crippen MR) is 71.1 cm³/mol. The summed E-state index contributed by atoms with van der Waals surface area (Å²) in [6, 6.07) is 0. The first-order valence-corrected chi connectivity index (χ1v) is 6.44. The van der Waals surface area contributed by atoms with Gasteiger partial charge in [0.2, 0.25) is 5.91 Å². The van der Waals surface area contributed by atoms with Crippen LogP contribution in [0, 0.1) is 0 Å². The molecule has 17 heavy (non-hydrogen) atoms. The third-order valence-electron chi connectivity index (χ3n) is 2.12. The van der Waals surface area contributed by atoms with Crippen LogP contribution < -0.4 is 10.6 Å². The summed E-state index contributed by atoms with van der Waals surface area (Å²) in [5.74, 6) is 0.0599. The van der Waals surface area contributed by atoms with Crippen molar-refractivity contribution >= 4 is 5.91 Å². The van der Waals surface area contributed by atoms with E-state index in [4.69, 9.17) is 4.74 Å². The largest absolute Gasteiger partial charge is 0.379 e. The maximum absolute atomic E-state index is 11.4. The minimum atomic E-state index is -0.0115. The second-order valence-corrected chi connectivity index (χ2v) is 5.58. The Kier molecular flexibility index (Phi) is 8.17. The number of carbonyl (C=O) groups excluding carboxylic acids is 1. The van der Waals surface area contributed by atoms with Gasteiger partial charge in [-0.1, -0.05) is 0 Å². The number of amides is 1. The van der Waals surface area contributed by atoms with Crippen LogP contribution >= 0.6 is 0 Å². The van der Waals surface area contributed by atoms with Crippen LogP contribution in [0.4, 0.5) is 0 Å². The molecule has 0 radical (unpaired) electrons. The molecule has 0 aromatic carbocycles. The Morgan fingerprint density at radius 1 is 1.24 bits per heavy atom. The fourth-order valence-corrected chi connectivity index (χ4v) is 1.18. The second-order valence-electron chi connectivity index (χ2n) is 5.58. The number of rotatable bonds is 8. The molecule has 0 aromatic heterocycles. The SMILES string of the molecule is CC(C)OCCCCNC(=O)CNC(C)(C)C. The van der Waals surface area contributed by atoms with E-state index >= 15 is 0 Å². The van der Waals surface area contributed by atoms with Gasteiger partial charge in [0.1, 0.15) is 0 Å². The molecule has 0 unspecified atom stereocenters. The number of unbranched alkanes of at least 4 members (excludes halogenated alkanes) is 1. The van der Waals surface area contributed by atoms with E-state index in [-0.39, 0.29) is 11.4 Å². The third kappa shape index (κ3) is 13.3. The Bertz CT molecular complexity index is 210. The molecule has 0 aliphatic heterocycles. The Balaban J connectivity index is 3.34. The van der Waals surface area contributed by atoms with Gasteiger partial charge in [-0.15, -0.1) is 0 Å². The van der Waals surface area contributed by atoms with Gasteiger partial charge in [0, 0.05) is 18.7 Å². The Morgan fingerprint density at radius 3 is 2.41 bits per heavy atom. The molecule has 0 bridgehead atoms. The molecular weight excluding hydrogens is 216 g/mol. The number of hydrogen-bond acceptors (Lipinski definition) is 3. The van der Waals surface area contributed by atoms with Gasteiger partial charge in [0.15, 0.2) is 0 Å². The lowest BCUT2D eigenvalue weighted by Gasteiger charge is -2.20. The summed E-state index contributed by atoms with van der Waals surface area (Å²) < 4.78 is 5.42. The van der Waals surface area contributed by atoms with Crippen molar-refractivity contribution in [2.24, 2.45) is 0 Å². The number of carbonyl (C=O) groups is 1. The third-order valence-corrected chi connectivity index (χ3v) is 2.12. The zero-order chi connectivity index (χ0) is 13.3. The zero-order valence-corrected chi connectivity index (χ0v) is 11.9. The van der Waals surface area contributed by atoms with E-state index < -0.39 is 0 Å². The molecule has 2 N–H and O–H groups in total. The van der Waals surface area contributed by atoms with Gasteiger partial charge in [-0.2, -0.15) is 0 Å². The lowest BCUT2D eigenvalue weighted by molar-refractivity contribution is -0.120. The Morgan fingerprint density at radius 2 is 1.88 bits per heavy atom. The molecule has 1 amide bonds. The monoisotopic (exact) mass is 244 g/mol. The summed E-state index contributed by atoms with van der Waals surface area (Å²) in [6.07, 6.45) is 2.25. The van der Waals surface area contributed by atoms with E-state index in [1.165, 1.54) is 0 Å². The number of hydrogen-bond donors (Lipinski definition) is 2. The summed E-state index contributed by atoms with van der Waals surface area (Å²) in [4.78, 5) is 11.4. The van der Waals surface area contributed by atoms with Gasteiger partial charge >= 0.3 is 0 Å². The highest BCUT2D eigenvalue weighted by molar-refractivity contribution is 5.78. The normalized spacial score (nSPS) is 11.9. The van der Waals surface area contributed by atoms with Crippen molar-refractivity contribution in [2.75, 3.05) is 19.7 Å². The van der Waals surface area contributed by atoms with Crippen molar-refractivity contribution in [1.29, 1.82) is 0 Å². The molecule has 4 heteroatoms. The standard InChI is InChI=1S/C13H28N2O2/c1-11(2)17-9-7-6-8-14-12(16)10-15-13(3,4)5/h11,15H,6-10H2,1-5H3,(H,14,16). The van der Waals surface area contributed by atoms with Crippen LogP contribution in [-0.4, -0.2) is 37.2 Å². The highest BCUT2D eigenvalue weighted by Gasteiger charge is 2.10. The molecule has 0 aliphatic carbocycles. The van der Waals surface area contributed by atoms with E-state index in [0.29, 0.717) is 12.6 Å². The molecule has 0 fully saturated rings. The maximum atomic E-state index is 11.4. The summed E-state index contributed by atoms with van der Waals surface area (Å²) in [7, 11) is 0. The summed E-state index contributed by atoms with van der Waals surface area (Å²) in [5.41, 5.74) is -0.0115. The van der Waals surface area contributed by atoms with E-state index in [1.807, 2.05) is 34.6 Å². The van der Waals surface area contributed by atoms with Crippen molar-refractivity contribution in [3.05, 3.63) is 0 Å². The van der Waals surface area contributed by atoms with Crippen LogP contribution in [0.25, 0.3) is 0 Å². The zero-order valence-electron chi connectivity index (χ0n) is 11.9. The minimum Gasteiger partial charge on any atom is -0.379 e. The van der Waals surface area contributed by atoms with Gasteiger partial charge < -0.3 is 15.4 Å². The first kappa shape index (κ1) is 16.4. The quantitative estimate of drug-likeness (QED) is 0.639. The minimum absolute atomic E-state index is 0.0115. The maximum Gasteiger partial charge on any atom is 0.233 e. The molecule has 0 aromatic rings. The summed E-state index contributed by atoms with van der Waals surface area (Å²) in [6.45, 7) is 12.1. The average molecular weight is 244 g/mol. The van der Waals surface area contributed by atoms with Gasteiger partial charge in [0.25, 0.3) is 0 Å². The second kappa shape index (κ2) is 8.48. The van der Waals surface area contributed by atoms with E-state index in [1.54, 1.807) is 0 Å². The van der Waals surface area contributed by atoms with Crippen LogP contribution in [0.3, 0.4) is 0 Å². The molecule has 0 spiro atoms. The predicted octanol–water partition coefficient (Wildman–Crippen LogP) is 1.70. The van der Waals surface area contributed by atoms with Crippen molar-refractivity contribution in [1.82, 2.24) is 10.6 Å². The van der Waals surface area contributed by atoms with Crippen molar-refractivity contribution in [3.8, 4) is 0 Å². The van der Waals surface area contributed by atoms with Gasteiger partial charge in [-0.05, 0) is 47.5 Å². The van der Waals surface area contributed by atoms with E-state index in [9.17, 15) is 4.79 Å². The first-order valence-electron chi connectivity index (χ1n) is 6.44. The fraction of sp³-hybridized carbons (Fsp3) is 0.923. The van der Waals surface area contributed by atoms with Gasteiger partial charge in [0.05, 0.1) is 12.6 Å². The lowest BCUT2D eigenvalue weighted by Crippen LogP contribution is -2.43. The van der Waals surface area contributed by atoms with Gasteiger partial charge in [-0.25, -0.2) is 0 Å². The molecule has 0 saturated carbocycles. The molecule has 0 aliphatic rings. The highest BCUT2D eigenvalue weighted by Crippen LogP contribution is 1.97. The number of nitrogens with one attached hydrogen (secondary N) is 2. The number of ether oxygens (including phenoxy) is 1. The van der Waals surface area contributed by atoms with Crippen molar-refractivity contribution < 1.29 is 9.53 Å². The van der Waals surface area contributed by atoms with E-state index in [2.05, 4.69) is 10.6 Å². The lowest BCUT2D eigenvalue weighted by atomic mass is 10.1. The topological polar surface area (TPSA) is 50.4 Å². The molecule has 0 saturated heterocycles. The molecular formula is C13H28N2O2. The average Bonchev–Trinajstić information content (AvgIpc) is 2.19. The van der Waals surface area contributed by atoms with Crippen LogP contribution in [0.1, 0.15) is 47.5 Å². The molecule has 4 nitrogen and oxygen atoms in total. The van der Waals surface area contributed by atoms with Crippen LogP contribution in [0.2, 0.25) is 0 Å². The summed E-state index contributed by atoms with van der Waals surface area (Å²) in [5, 5.41) is 6.04. The molecule has 0 rings (SSSR count). The molecule has 0 heterocycles. The smallest absolute Gasteiger partial charge is 0.233 e. The Hall–Kier alpha value is -0.610. The summed E-state index contributed by atoms with van der Waals surface area (Å²) >= 11 is 0. The molecule has 0 atom stereocenters. The Labute approximate surface area is 105 Å². The van der Waals surface area contributed by atoms with Crippen molar-refractivity contribution in [2.45, 2.75) is 59.1 Å². The van der Waals surface area contributed by atoms with Crippen LogP contribution in [0.15, 0.2) is 0 Å².